The number of ether oxygens (including phenoxy) is 1. The van der Waals surface area contributed by atoms with E-state index in [4.69, 9.17) is 10.5 Å². The largest absolute Gasteiger partial charge is 0.506 e. The summed E-state index contributed by atoms with van der Waals surface area (Å²) in [5.41, 5.74) is 5.77. The lowest BCUT2D eigenvalue weighted by Crippen LogP contribution is -2.28. The van der Waals surface area contributed by atoms with Gasteiger partial charge >= 0.3 is 0 Å². The Morgan fingerprint density at radius 2 is 2.28 bits per heavy atom. The number of phenols is 1. The Bertz CT molecular complexity index is 400. The second-order valence-electron chi connectivity index (χ2n) is 3.51. The number of aromatic hydroxyl groups is 1. The highest BCUT2D eigenvalue weighted by molar-refractivity contribution is 9.10. The Kier molecular flexibility index (Phi) is 7.93. The maximum Gasteiger partial charge on any atom is 0.227 e. The van der Waals surface area contributed by atoms with E-state index in [1.807, 2.05) is 0 Å². The van der Waals surface area contributed by atoms with Crippen LogP contribution in [-0.4, -0.2) is 30.8 Å². The van der Waals surface area contributed by atoms with Crippen LogP contribution in [0, 0.1) is 0 Å². The minimum absolute atomic E-state index is 0. The van der Waals surface area contributed by atoms with Crippen molar-refractivity contribution in [3.63, 3.8) is 0 Å². The van der Waals surface area contributed by atoms with Crippen LogP contribution in [0.1, 0.15) is 6.42 Å². The van der Waals surface area contributed by atoms with Crippen LogP contribution in [-0.2, 0) is 9.53 Å². The predicted molar refractivity (Wildman–Crippen MR) is 76.2 cm³/mol. The Morgan fingerprint density at radius 1 is 1.61 bits per heavy atom. The number of halogens is 2. The van der Waals surface area contributed by atoms with Gasteiger partial charge in [0.1, 0.15) is 5.75 Å². The molecule has 0 aliphatic rings. The van der Waals surface area contributed by atoms with Crippen molar-refractivity contribution < 1.29 is 14.6 Å². The van der Waals surface area contributed by atoms with E-state index in [-0.39, 0.29) is 43.1 Å². The van der Waals surface area contributed by atoms with Gasteiger partial charge in [0.2, 0.25) is 5.91 Å². The van der Waals surface area contributed by atoms with Crippen molar-refractivity contribution >= 4 is 39.9 Å². The van der Waals surface area contributed by atoms with Crippen LogP contribution in [0.3, 0.4) is 0 Å². The molecule has 0 aliphatic heterocycles. The molecule has 0 fully saturated rings. The summed E-state index contributed by atoms with van der Waals surface area (Å²) >= 11 is 3.26. The van der Waals surface area contributed by atoms with E-state index in [0.717, 1.165) is 4.47 Å². The lowest BCUT2D eigenvalue weighted by atomic mass is 10.2. The van der Waals surface area contributed by atoms with Crippen LogP contribution < -0.4 is 11.1 Å². The van der Waals surface area contributed by atoms with E-state index in [1.54, 1.807) is 12.1 Å². The average molecular weight is 340 g/mol. The molecule has 0 aromatic heterocycles. The first-order valence-corrected chi connectivity index (χ1v) is 5.87. The summed E-state index contributed by atoms with van der Waals surface area (Å²) in [7, 11) is 1.50. The predicted octanol–water partition coefficient (Wildman–Crippen LogP) is 1.88. The maximum atomic E-state index is 11.6. The van der Waals surface area contributed by atoms with E-state index < -0.39 is 0 Å². The van der Waals surface area contributed by atoms with Crippen molar-refractivity contribution in [1.82, 2.24) is 0 Å². The SMILES string of the molecule is COC(CN)CC(=O)Nc1cc(Br)ccc1O.Cl. The molecule has 0 aliphatic carbocycles. The van der Waals surface area contributed by atoms with E-state index in [9.17, 15) is 9.90 Å². The molecule has 7 heteroatoms. The number of nitrogens with two attached hydrogens (primary N) is 1. The van der Waals surface area contributed by atoms with Gasteiger partial charge in [-0.05, 0) is 18.2 Å². The van der Waals surface area contributed by atoms with Crippen LogP contribution in [0.2, 0.25) is 0 Å². The van der Waals surface area contributed by atoms with Crippen molar-refractivity contribution in [2.45, 2.75) is 12.5 Å². The summed E-state index contributed by atoms with van der Waals surface area (Å²) in [6.07, 6.45) is -0.164. The molecule has 0 radical (unpaired) electrons. The number of hydrogen-bond acceptors (Lipinski definition) is 4. The normalized spacial score (nSPS) is 11.5. The summed E-state index contributed by atoms with van der Waals surface area (Å²) in [6.45, 7) is 0.272. The number of nitrogens with one attached hydrogen (secondary N) is 1. The minimum atomic E-state index is -0.315. The molecule has 0 saturated carbocycles. The molecular weight excluding hydrogens is 323 g/mol. The van der Waals surface area contributed by atoms with Crippen molar-refractivity contribution in [1.29, 1.82) is 0 Å². The number of amides is 1. The summed E-state index contributed by atoms with van der Waals surface area (Å²) in [5.74, 6) is -0.237. The molecule has 0 bridgehead atoms. The molecule has 102 valence electrons. The molecule has 1 atom stereocenters. The summed E-state index contributed by atoms with van der Waals surface area (Å²) in [5, 5.41) is 12.1. The Labute approximate surface area is 120 Å². The number of anilines is 1. The van der Waals surface area contributed by atoms with Crippen LogP contribution in [0.25, 0.3) is 0 Å². The fourth-order valence-electron chi connectivity index (χ4n) is 1.28. The average Bonchev–Trinajstić information content (AvgIpc) is 2.31. The molecule has 0 saturated heterocycles. The van der Waals surface area contributed by atoms with Crippen LogP contribution >= 0.6 is 28.3 Å². The van der Waals surface area contributed by atoms with Crippen LogP contribution in [0.5, 0.6) is 5.75 Å². The molecule has 1 aromatic carbocycles. The van der Waals surface area contributed by atoms with E-state index in [0.29, 0.717) is 5.69 Å². The number of methoxy groups -OCH3 is 1. The van der Waals surface area contributed by atoms with Gasteiger partial charge < -0.3 is 20.9 Å². The van der Waals surface area contributed by atoms with Gasteiger partial charge in [-0.3, -0.25) is 4.79 Å². The standard InChI is InChI=1S/C11H15BrN2O3.ClH/c1-17-8(6-13)5-11(16)14-9-4-7(12)2-3-10(9)15;/h2-4,8,15H,5-6,13H2,1H3,(H,14,16);1H. The highest BCUT2D eigenvalue weighted by Crippen LogP contribution is 2.26. The van der Waals surface area contributed by atoms with Gasteiger partial charge in [-0.1, -0.05) is 15.9 Å². The zero-order valence-corrected chi connectivity index (χ0v) is 12.3. The third-order valence-electron chi connectivity index (χ3n) is 2.24. The highest BCUT2D eigenvalue weighted by atomic mass is 79.9. The molecule has 1 amide bonds. The first kappa shape index (κ1) is 17.2. The number of benzene rings is 1. The molecule has 4 N–H and O–H groups in total. The second-order valence-corrected chi connectivity index (χ2v) is 4.42. The van der Waals surface area contributed by atoms with E-state index in [1.165, 1.54) is 13.2 Å². The number of phenolic OH excluding ortho intramolecular Hbond substituents is 1. The van der Waals surface area contributed by atoms with Crippen molar-refractivity contribution in [2.24, 2.45) is 5.73 Å². The number of carbonyl (C=O) groups excluding carboxylic acids is 1. The van der Waals surface area contributed by atoms with Gasteiger partial charge in [0.25, 0.3) is 0 Å². The zero-order valence-electron chi connectivity index (χ0n) is 9.85. The first-order valence-electron chi connectivity index (χ1n) is 5.08. The lowest BCUT2D eigenvalue weighted by molar-refractivity contribution is -0.118. The second kappa shape index (κ2) is 8.31. The lowest BCUT2D eigenvalue weighted by Gasteiger charge is -2.13. The summed E-state index contributed by atoms with van der Waals surface area (Å²) < 4.78 is 5.78. The number of carbonyl (C=O) groups is 1. The molecule has 0 spiro atoms. The van der Waals surface area contributed by atoms with Crippen molar-refractivity contribution in [2.75, 3.05) is 19.0 Å². The fourth-order valence-corrected chi connectivity index (χ4v) is 1.64. The Morgan fingerprint density at radius 3 is 2.83 bits per heavy atom. The summed E-state index contributed by atoms with van der Waals surface area (Å²) in [4.78, 5) is 11.6. The van der Waals surface area contributed by atoms with Crippen molar-refractivity contribution in [3.8, 4) is 5.75 Å². The molecular formula is C11H16BrClN2O3. The first-order chi connectivity index (χ1) is 8.06. The summed E-state index contributed by atoms with van der Waals surface area (Å²) in [6, 6.07) is 4.80. The maximum absolute atomic E-state index is 11.6. The minimum Gasteiger partial charge on any atom is -0.506 e. The molecule has 0 heterocycles. The van der Waals surface area contributed by atoms with Crippen molar-refractivity contribution in [3.05, 3.63) is 22.7 Å². The molecule has 1 aromatic rings. The fraction of sp³-hybridized carbons (Fsp3) is 0.364. The van der Waals surface area contributed by atoms with Gasteiger partial charge in [-0.15, -0.1) is 12.4 Å². The van der Waals surface area contributed by atoms with Gasteiger partial charge in [-0.25, -0.2) is 0 Å². The third-order valence-corrected chi connectivity index (χ3v) is 2.74. The Hall–Kier alpha value is -0.820. The topological polar surface area (TPSA) is 84.6 Å². The van der Waals surface area contributed by atoms with Gasteiger partial charge in [0.15, 0.2) is 0 Å². The molecule has 1 rings (SSSR count). The quantitative estimate of drug-likeness (QED) is 0.715. The highest BCUT2D eigenvalue weighted by Gasteiger charge is 2.13. The van der Waals surface area contributed by atoms with E-state index in [2.05, 4.69) is 21.2 Å². The zero-order chi connectivity index (χ0) is 12.8. The molecule has 1 unspecified atom stereocenters. The van der Waals surface area contributed by atoms with Crippen LogP contribution in [0.4, 0.5) is 5.69 Å². The smallest absolute Gasteiger partial charge is 0.227 e. The number of rotatable bonds is 5. The van der Waals surface area contributed by atoms with E-state index >= 15 is 0 Å². The third kappa shape index (κ3) is 5.22. The molecule has 18 heavy (non-hydrogen) atoms. The molecule has 5 nitrogen and oxygen atoms in total. The van der Waals surface area contributed by atoms with Gasteiger partial charge in [0.05, 0.1) is 18.2 Å². The van der Waals surface area contributed by atoms with Gasteiger partial charge in [0, 0.05) is 18.1 Å². The van der Waals surface area contributed by atoms with Crippen LogP contribution in [0.15, 0.2) is 22.7 Å². The monoisotopic (exact) mass is 338 g/mol. The van der Waals surface area contributed by atoms with Gasteiger partial charge in [-0.2, -0.15) is 0 Å². The number of hydrogen-bond donors (Lipinski definition) is 3. The Balaban J connectivity index is 0.00000289.